The standard InChI is InChI=1S/C26H25ClN8/c1-14-10-15-11-26(22(28)18(15)12-31-14)5-8-34(9-6-26)25-19-13-32-24-17(2-3-20(33-25)35(19)24)16-4-7-30-23(29)21(16)27/h2-4,7,10,12-13,22H,5-6,8-9,11,28H2,1H3,(H2,29,30)/t22-/m1/s1. The van der Waals surface area contributed by atoms with E-state index < -0.39 is 0 Å². The summed E-state index contributed by atoms with van der Waals surface area (Å²) in [6.45, 7) is 3.87. The molecule has 5 aromatic rings. The molecule has 176 valence electrons. The van der Waals surface area contributed by atoms with Crippen LogP contribution in [0.3, 0.4) is 0 Å². The van der Waals surface area contributed by atoms with Gasteiger partial charge in [0.15, 0.2) is 5.82 Å². The number of hydrogen-bond acceptors (Lipinski definition) is 7. The summed E-state index contributed by atoms with van der Waals surface area (Å²) in [5.74, 6) is 1.28. The summed E-state index contributed by atoms with van der Waals surface area (Å²) < 4.78 is 2.10. The van der Waals surface area contributed by atoms with Crippen molar-refractivity contribution in [2.75, 3.05) is 23.7 Å². The SMILES string of the molecule is Cc1cc2c(cn1)[C@@H](N)C1(CCN(c3nc4ccc(-c5ccnc(N)c5Cl)c5ncc3n45)CC1)C2. The van der Waals surface area contributed by atoms with E-state index in [-0.39, 0.29) is 11.5 Å². The average molecular weight is 485 g/mol. The molecule has 0 aromatic carbocycles. The topological polar surface area (TPSA) is 111 Å². The first kappa shape index (κ1) is 20.8. The zero-order valence-electron chi connectivity index (χ0n) is 19.4. The van der Waals surface area contributed by atoms with Gasteiger partial charge in [-0.15, -0.1) is 0 Å². The van der Waals surface area contributed by atoms with Gasteiger partial charge in [0.1, 0.15) is 22.6 Å². The molecule has 0 unspecified atom stereocenters. The van der Waals surface area contributed by atoms with E-state index in [0.717, 1.165) is 71.8 Å². The molecule has 1 aliphatic heterocycles. The van der Waals surface area contributed by atoms with Crippen molar-refractivity contribution in [2.45, 2.75) is 32.2 Å². The molecule has 1 saturated heterocycles. The monoisotopic (exact) mass is 484 g/mol. The third-order valence-electron chi connectivity index (χ3n) is 8.04. The molecule has 1 aliphatic carbocycles. The van der Waals surface area contributed by atoms with Gasteiger partial charge in [-0.25, -0.2) is 15.0 Å². The molecular formula is C26H25ClN8. The van der Waals surface area contributed by atoms with Gasteiger partial charge in [-0.05, 0) is 67.0 Å². The highest BCUT2D eigenvalue weighted by Crippen LogP contribution is 2.51. The van der Waals surface area contributed by atoms with E-state index in [9.17, 15) is 0 Å². The number of imidazole rings is 2. The fourth-order valence-electron chi connectivity index (χ4n) is 6.13. The van der Waals surface area contributed by atoms with Crippen molar-refractivity contribution in [1.29, 1.82) is 0 Å². The van der Waals surface area contributed by atoms with E-state index in [1.165, 1.54) is 11.1 Å². The molecule has 1 fully saturated rings. The van der Waals surface area contributed by atoms with Crippen LogP contribution in [0.4, 0.5) is 11.6 Å². The Morgan fingerprint density at radius 2 is 1.89 bits per heavy atom. The molecule has 2 aliphatic rings. The Kier molecular flexibility index (Phi) is 4.32. The fourth-order valence-corrected chi connectivity index (χ4v) is 6.35. The summed E-state index contributed by atoms with van der Waals surface area (Å²) in [5.41, 5.74) is 20.9. The van der Waals surface area contributed by atoms with Crippen molar-refractivity contribution in [3.05, 3.63) is 64.7 Å². The number of nitrogens with two attached hydrogens (primary N) is 2. The molecule has 4 N–H and O–H groups in total. The smallest absolute Gasteiger partial charge is 0.157 e. The first-order valence-electron chi connectivity index (χ1n) is 11.9. The summed E-state index contributed by atoms with van der Waals surface area (Å²) in [7, 11) is 0. The first-order chi connectivity index (χ1) is 16.9. The highest BCUT2D eigenvalue weighted by molar-refractivity contribution is 6.35. The number of nitrogen functional groups attached to an aromatic ring is 1. The number of nitrogens with zero attached hydrogens (tertiary/aromatic N) is 6. The summed E-state index contributed by atoms with van der Waals surface area (Å²) in [6, 6.07) is 8.13. The zero-order chi connectivity index (χ0) is 23.9. The van der Waals surface area contributed by atoms with Gasteiger partial charge in [-0.2, -0.15) is 0 Å². The Balaban J connectivity index is 1.22. The number of piperidine rings is 1. The maximum Gasteiger partial charge on any atom is 0.157 e. The van der Waals surface area contributed by atoms with Crippen LogP contribution < -0.4 is 16.4 Å². The van der Waals surface area contributed by atoms with Crippen LogP contribution in [-0.2, 0) is 6.42 Å². The van der Waals surface area contributed by atoms with E-state index in [0.29, 0.717) is 10.8 Å². The maximum absolute atomic E-state index is 6.79. The van der Waals surface area contributed by atoms with Crippen molar-refractivity contribution in [3.8, 4) is 11.1 Å². The third kappa shape index (κ3) is 2.90. The molecule has 1 atom stereocenters. The van der Waals surface area contributed by atoms with E-state index >= 15 is 0 Å². The van der Waals surface area contributed by atoms with Crippen molar-refractivity contribution < 1.29 is 0 Å². The molecule has 0 bridgehead atoms. The van der Waals surface area contributed by atoms with Gasteiger partial charge in [0.2, 0.25) is 0 Å². The lowest BCUT2D eigenvalue weighted by Gasteiger charge is -2.42. The lowest BCUT2D eigenvalue weighted by molar-refractivity contribution is 0.187. The van der Waals surface area contributed by atoms with Crippen LogP contribution >= 0.6 is 11.6 Å². The highest BCUT2D eigenvalue weighted by Gasteiger charge is 2.46. The normalized spacial score (nSPS) is 19.3. The van der Waals surface area contributed by atoms with Gasteiger partial charge in [-0.1, -0.05) is 11.6 Å². The zero-order valence-corrected chi connectivity index (χ0v) is 20.1. The van der Waals surface area contributed by atoms with Crippen LogP contribution in [0, 0.1) is 12.3 Å². The number of fused-ring (bicyclic) bond motifs is 1. The number of aryl methyl sites for hydroxylation is 1. The van der Waals surface area contributed by atoms with Crippen LogP contribution in [0.1, 0.15) is 35.7 Å². The number of aromatic nitrogens is 5. The van der Waals surface area contributed by atoms with Gasteiger partial charge in [0.05, 0.1) is 11.2 Å². The van der Waals surface area contributed by atoms with Gasteiger partial charge < -0.3 is 16.4 Å². The largest absolute Gasteiger partial charge is 0.382 e. The molecule has 0 amide bonds. The summed E-state index contributed by atoms with van der Waals surface area (Å²) >= 11 is 6.48. The number of anilines is 2. The van der Waals surface area contributed by atoms with Crippen LogP contribution in [0.25, 0.3) is 27.9 Å². The second kappa shape index (κ2) is 7.26. The van der Waals surface area contributed by atoms with Crippen LogP contribution in [-0.4, -0.2) is 37.4 Å². The number of pyridine rings is 3. The van der Waals surface area contributed by atoms with E-state index in [1.807, 2.05) is 37.5 Å². The minimum absolute atomic E-state index is 0.0391. The maximum atomic E-state index is 6.79. The minimum atomic E-state index is 0.0391. The first-order valence-corrected chi connectivity index (χ1v) is 12.3. The second-order valence-electron chi connectivity index (χ2n) is 9.93. The Morgan fingerprint density at radius 1 is 1.06 bits per heavy atom. The van der Waals surface area contributed by atoms with Crippen LogP contribution in [0.2, 0.25) is 5.02 Å². The number of hydrogen-bond donors (Lipinski definition) is 2. The highest BCUT2D eigenvalue weighted by atomic mass is 35.5. The Bertz CT molecular complexity index is 1600. The lowest BCUT2D eigenvalue weighted by atomic mass is 9.73. The quantitative estimate of drug-likeness (QED) is 0.387. The van der Waals surface area contributed by atoms with Crippen molar-refractivity contribution in [1.82, 2.24) is 24.3 Å². The molecule has 8 nitrogen and oxygen atoms in total. The van der Waals surface area contributed by atoms with Crippen molar-refractivity contribution in [3.63, 3.8) is 0 Å². The van der Waals surface area contributed by atoms with E-state index in [1.54, 1.807) is 6.20 Å². The molecule has 5 aromatic heterocycles. The Morgan fingerprint density at radius 3 is 2.71 bits per heavy atom. The molecule has 9 heteroatoms. The average Bonchev–Trinajstić information content (AvgIpc) is 3.52. The van der Waals surface area contributed by atoms with Gasteiger partial charge in [0, 0.05) is 48.3 Å². The summed E-state index contributed by atoms with van der Waals surface area (Å²) in [4.78, 5) is 20.7. The molecule has 7 rings (SSSR count). The lowest BCUT2D eigenvalue weighted by Crippen LogP contribution is -2.44. The van der Waals surface area contributed by atoms with E-state index in [4.69, 9.17) is 33.0 Å². The Hall–Kier alpha value is -3.49. The summed E-state index contributed by atoms with van der Waals surface area (Å²) in [6.07, 6.45) is 8.63. The molecule has 6 heterocycles. The molecular weight excluding hydrogens is 460 g/mol. The third-order valence-corrected chi connectivity index (χ3v) is 8.44. The predicted octanol–water partition coefficient (Wildman–Crippen LogP) is 4.16. The molecule has 35 heavy (non-hydrogen) atoms. The predicted molar refractivity (Wildman–Crippen MR) is 138 cm³/mol. The van der Waals surface area contributed by atoms with Gasteiger partial charge in [-0.3, -0.25) is 9.38 Å². The van der Waals surface area contributed by atoms with Gasteiger partial charge in [0.25, 0.3) is 0 Å². The number of halogens is 1. The second-order valence-corrected chi connectivity index (χ2v) is 10.3. The molecule has 0 saturated carbocycles. The minimum Gasteiger partial charge on any atom is -0.382 e. The van der Waals surface area contributed by atoms with Crippen molar-refractivity contribution in [2.24, 2.45) is 11.1 Å². The number of rotatable bonds is 2. The molecule has 0 radical (unpaired) electrons. The fraction of sp³-hybridized carbons (Fsp3) is 0.308. The molecule has 1 spiro atoms. The Labute approximate surface area is 207 Å². The van der Waals surface area contributed by atoms with Crippen LogP contribution in [0.15, 0.2) is 42.9 Å². The summed E-state index contributed by atoms with van der Waals surface area (Å²) in [5, 5.41) is 0.438. The van der Waals surface area contributed by atoms with E-state index in [2.05, 4.69) is 25.3 Å². The van der Waals surface area contributed by atoms with Gasteiger partial charge >= 0.3 is 0 Å². The van der Waals surface area contributed by atoms with Crippen molar-refractivity contribution >= 4 is 40.0 Å². The van der Waals surface area contributed by atoms with Crippen LogP contribution in [0.5, 0.6) is 0 Å².